The molecule has 1 saturated heterocycles. The quantitative estimate of drug-likeness (QED) is 0.581. The molecule has 0 saturated carbocycles. The molecule has 0 atom stereocenters. The van der Waals surface area contributed by atoms with E-state index in [4.69, 9.17) is 9.72 Å². The zero-order chi connectivity index (χ0) is 23.4. The van der Waals surface area contributed by atoms with Crippen LogP contribution < -0.4 is 9.64 Å². The monoisotopic (exact) mass is 451 g/mol. The summed E-state index contributed by atoms with van der Waals surface area (Å²) in [5.41, 5.74) is 2.51. The van der Waals surface area contributed by atoms with Crippen LogP contribution in [0.2, 0.25) is 0 Å². The maximum Gasteiger partial charge on any atom is 0.222 e. The number of hydrogen-bond donors (Lipinski definition) is 1. The second-order valence-corrected chi connectivity index (χ2v) is 8.48. The number of aliphatic hydroxyl groups is 1. The van der Waals surface area contributed by atoms with Gasteiger partial charge in [-0.15, -0.1) is 0 Å². The fraction of sp³-hybridized carbons (Fsp3) is 0.385. The molecule has 0 bridgehead atoms. The molecule has 33 heavy (non-hydrogen) atoms. The minimum atomic E-state index is -0.329. The van der Waals surface area contributed by atoms with Gasteiger partial charge in [-0.3, -0.25) is 4.79 Å². The molecule has 1 aromatic heterocycles. The van der Waals surface area contributed by atoms with Crippen LogP contribution >= 0.6 is 0 Å². The van der Waals surface area contributed by atoms with Crippen LogP contribution in [0.1, 0.15) is 37.3 Å². The molecule has 7 heteroatoms. The Labute approximate surface area is 193 Å². The standard InChI is InChI=1S/C26H30FN3O3/c1-3-25(32)30(16-18-4-8-23(33-2)9-5-18)17-20-14-19-6-7-21(27)15-24(19)28-26(20)29-12-10-22(31)11-13-29/h4-9,14-15,22,31H,3,10-13,16-17H2,1-2H3. The largest absolute Gasteiger partial charge is 0.497 e. The van der Waals surface area contributed by atoms with Crippen molar-refractivity contribution in [1.82, 2.24) is 9.88 Å². The first kappa shape index (κ1) is 23.0. The number of piperidine rings is 1. The van der Waals surface area contributed by atoms with Crippen molar-refractivity contribution in [3.05, 3.63) is 65.5 Å². The lowest BCUT2D eigenvalue weighted by Gasteiger charge is -2.33. The normalized spacial score (nSPS) is 14.5. The Kier molecular flexibility index (Phi) is 7.08. The highest BCUT2D eigenvalue weighted by Crippen LogP contribution is 2.29. The van der Waals surface area contributed by atoms with Gasteiger partial charge in [0.15, 0.2) is 0 Å². The van der Waals surface area contributed by atoms with Crippen LogP contribution in [0.3, 0.4) is 0 Å². The summed E-state index contributed by atoms with van der Waals surface area (Å²) in [4.78, 5) is 21.6. The number of fused-ring (bicyclic) bond motifs is 1. The van der Waals surface area contributed by atoms with Gasteiger partial charge in [-0.05, 0) is 48.7 Å². The van der Waals surface area contributed by atoms with Crippen molar-refractivity contribution in [2.75, 3.05) is 25.1 Å². The highest BCUT2D eigenvalue weighted by Gasteiger charge is 2.23. The van der Waals surface area contributed by atoms with Crippen molar-refractivity contribution in [2.45, 2.75) is 45.4 Å². The molecule has 1 amide bonds. The third-order valence-electron chi connectivity index (χ3n) is 6.15. The molecule has 4 rings (SSSR count). The molecule has 0 aliphatic carbocycles. The summed E-state index contributed by atoms with van der Waals surface area (Å²) in [6, 6.07) is 14.3. The predicted molar refractivity (Wildman–Crippen MR) is 127 cm³/mol. The molecule has 1 aliphatic rings. The molecule has 6 nitrogen and oxygen atoms in total. The van der Waals surface area contributed by atoms with Gasteiger partial charge >= 0.3 is 0 Å². The summed E-state index contributed by atoms with van der Waals surface area (Å²) in [6.45, 7) is 4.06. The number of carbonyl (C=O) groups excluding carboxylic acids is 1. The van der Waals surface area contributed by atoms with E-state index in [-0.39, 0.29) is 17.8 Å². The van der Waals surface area contributed by atoms with Crippen molar-refractivity contribution in [2.24, 2.45) is 0 Å². The van der Waals surface area contributed by atoms with Gasteiger partial charge in [0.1, 0.15) is 17.4 Å². The summed E-state index contributed by atoms with van der Waals surface area (Å²) in [5, 5.41) is 10.8. The summed E-state index contributed by atoms with van der Waals surface area (Å²) in [7, 11) is 1.63. The van der Waals surface area contributed by atoms with Gasteiger partial charge in [-0.2, -0.15) is 0 Å². The van der Waals surface area contributed by atoms with E-state index in [0.717, 1.165) is 28.1 Å². The predicted octanol–water partition coefficient (Wildman–Crippen LogP) is 4.28. The fourth-order valence-electron chi connectivity index (χ4n) is 4.25. The van der Waals surface area contributed by atoms with Crippen LogP contribution in [0.15, 0.2) is 48.5 Å². The Morgan fingerprint density at radius 1 is 1.15 bits per heavy atom. The smallest absolute Gasteiger partial charge is 0.222 e. The Balaban J connectivity index is 1.68. The van der Waals surface area contributed by atoms with E-state index >= 15 is 0 Å². The van der Waals surface area contributed by atoms with E-state index in [9.17, 15) is 14.3 Å². The van der Waals surface area contributed by atoms with Gasteiger partial charge in [-0.25, -0.2) is 9.37 Å². The molecule has 1 N–H and O–H groups in total. The second kappa shape index (κ2) is 10.2. The third kappa shape index (κ3) is 5.42. The number of halogens is 1. The first-order valence-corrected chi connectivity index (χ1v) is 11.4. The summed E-state index contributed by atoms with van der Waals surface area (Å²) in [6.07, 6.45) is 1.40. The summed E-state index contributed by atoms with van der Waals surface area (Å²) < 4.78 is 19.1. The topological polar surface area (TPSA) is 65.9 Å². The SMILES string of the molecule is CCC(=O)N(Cc1ccc(OC)cc1)Cc1cc2ccc(F)cc2nc1N1CCC(O)CC1. The number of ether oxygens (including phenoxy) is 1. The van der Waals surface area contributed by atoms with Gasteiger partial charge in [-0.1, -0.05) is 19.1 Å². The molecule has 174 valence electrons. The Bertz CT molecular complexity index is 1110. The zero-order valence-electron chi connectivity index (χ0n) is 19.1. The maximum absolute atomic E-state index is 13.9. The number of hydrogen-bond acceptors (Lipinski definition) is 5. The molecule has 0 spiro atoms. The van der Waals surface area contributed by atoms with Crippen molar-refractivity contribution in [3.63, 3.8) is 0 Å². The molecular weight excluding hydrogens is 421 g/mol. The number of benzene rings is 2. The number of aromatic nitrogens is 1. The van der Waals surface area contributed by atoms with Gasteiger partial charge in [0.2, 0.25) is 5.91 Å². The van der Waals surface area contributed by atoms with Crippen LogP contribution in [0.4, 0.5) is 10.2 Å². The van der Waals surface area contributed by atoms with Gasteiger partial charge in [0.25, 0.3) is 0 Å². The van der Waals surface area contributed by atoms with Crippen LogP contribution in [0.5, 0.6) is 5.75 Å². The number of anilines is 1. The van der Waals surface area contributed by atoms with E-state index in [2.05, 4.69) is 4.90 Å². The average molecular weight is 452 g/mol. The van der Waals surface area contributed by atoms with Crippen molar-refractivity contribution in [1.29, 1.82) is 0 Å². The Morgan fingerprint density at radius 3 is 2.55 bits per heavy atom. The minimum absolute atomic E-state index is 0.0463. The first-order chi connectivity index (χ1) is 16.0. The number of nitrogens with zero attached hydrogens (tertiary/aromatic N) is 3. The summed E-state index contributed by atoms with van der Waals surface area (Å²) in [5.74, 6) is 1.24. The van der Waals surface area contributed by atoms with Crippen molar-refractivity contribution in [3.8, 4) is 5.75 Å². The van der Waals surface area contributed by atoms with Crippen molar-refractivity contribution < 1.29 is 19.0 Å². The van der Waals surface area contributed by atoms with Crippen molar-refractivity contribution >= 4 is 22.6 Å². The van der Waals surface area contributed by atoms with E-state index in [1.54, 1.807) is 13.2 Å². The molecule has 1 fully saturated rings. The van der Waals surface area contributed by atoms with Gasteiger partial charge in [0.05, 0.1) is 18.7 Å². The van der Waals surface area contributed by atoms with Crippen LogP contribution in [0.25, 0.3) is 10.9 Å². The second-order valence-electron chi connectivity index (χ2n) is 8.48. The lowest BCUT2D eigenvalue weighted by Crippen LogP contribution is -2.37. The van der Waals surface area contributed by atoms with E-state index in [1.165, 1.54) is 12.1 Å². The minimum Gasteiger partial charge on any atom is -0.497 e. The Morgan fingerprint density at radius 2 is 1.88 bits per heavy atom. The lowest BCUT2D eigenvalue weighted by molar-refractivity contribution is -0.132. The third-order valence-corrected chi connectivity index (χ3v) is 6.15. The Hall–Kier alpha value is -3.19. The first-order valence-electron chi connectivity index (χ1n) is 11.4. The van der Waals surface area contributed by atoms with Crippen LogP contribution in [-0.2, 0) is 17.9 Å². The molecule has 2 heterocycles. The molecule has 3 aromatic rings. The lowest BCUT2D eigenvalue weighted by atomic mass is 10.1. The highest BCUT2D eigenvalue weighted by molar-refractivity contribution is 5.82. The molecule has 0 unspecified atom stereocenters. The van der Waals surface area contributed by atoms with Gasteiger partial charge in [0, 0.05) is 49.6 Å². The number of pyridine rings is 1. The number of amides is 1. The molecule has 0 radical (unpaired) electrons. The zero-order valence-corrected chi connectivity index (χ0v) is 19.1. The van der Waals surface area contributed by atoms with E-state index in [0.29, 0.717) is 51.0 Å². The maximum atomic E-state index is 13.9. The molecule has 2 aromatic carbocycles. The number of methoxy groups -OCH3 is 1. The fourth-order valence-corrected chi connectivity index (χ4v) is 4.25. The highest BCUT2D eigenvalue weighted by atomic mass is 19.1. The molecular formula is C26H30FN3O3. The van der Waals surface area contributed by atoms with Crippen LogP contribution in [0, 0.1) is 5.82 Å². The van der Waals surface area contributed by atoms with E-state index in [1.807, 2.05) is 42.2 Å². The number of rotatable bonds is 7. The van der Waals surface area contributed by atoms with Crippen LogP contribution in [-0.4, -0.2) is 47.2 Å². The van der Waals surface area contributed by atoms with Gasteiger partial charge < -0.3 is 19.6 Å². The van der Waals surface area contributed by atoms with E-state index < -0.39 is 0 Å². The average Bonchev–Trinajstić information content (AvgIpc) is 2.84. The number of aliphatic hydroxyl groups excluding tert-OH is 1. The summed E-state index contributed by atoms with van der Waals surface area (Å²) >= 11 is 0. The number of carbonyl (C=O) groups is 1. The molecule has 1 aliphatic heterocycles.